The van der Waals surface area contributed by atoms with Gasteiger partial charge >= 0.3 is 0 Å². The minimum absolute atomic E-state index is 0.0208. The second kappa shape index (κ2) is 10.3. The number of anilines is 1. The van der Waals surface area contributed by atoms with E-state index in [0.29, 0.717) is 18.0 Å². The lowest BCUT2D eigenvalue weighted by molar-refractivity contribution is -0.384. The highest BCUT2D eigenvalue weighted by Gasteiger charge is 2.45. The van der Waals surface area contributed by atoms with E-state index >= 15 is 0 Å². The van der Waals surface area contributed by atoms with Crippen molar-refractivity contribution in [2.75, 3.05) is 31.7 Å². The van der Waals surface area contributed by atoms with Gasteiger partial charge in [-0.3, -0.25) is 39.5 Å². The predicted molar refractivity (Wildman–Crippen MR) is 121 cm³/mol. The van der Waals surface area contributed by atoms with Crippen molar-refractivity contribution in [2.24, 2.45) is 0 Å². The number of amides is 4. The lowest BCUT2D eigenvalue weighted by Gasteiger charge is -2.27. The van der Waals surface area contributed by atoms with Crippen LogP contribution in [0, 0.1) is 10.1 Å². The standard InChI is InChI=1S/C23H22N4O8/c28-19-9-8-18(21(29)25-19)26-22(30)16-2-1-3-17(20(16)23(26)31)24-10-11-34-12-13-35-15-6-4-14(5-7-15)27(32)33/h1-7,18,24H,8-13H2,(H,25,28,29). The fourth-order valence-corrected chi connectivity index (χ4v) is 3.90. The van der Waals surface area contributed by atoms with Gasteiger partial charge in [-0.15, -0.1) is 0 Å². The number of non-ortho nitro benzene ring substituents is 1. The molecule has 2 aromatic rings. The molecule has 1 unspecified atom stereocenters. The molecule has 4 amide bonds. The highest BCUT2D eigenvalue weighted by molar-refractivity contribution is 6.25. The highest BCUT2D eigenvalue weighted by Crippen LogP contribution is 2.32. The van der Waals surface area contributed by atoms with Gasteiger partial charge in [-0.2, -0.15) is 0 Å². The zero-order chi connectivity index (χ0) is 24.9. The molecule has 182 valence electrons. The van der Waals surface area contributed by atoms with Gasteiger partial charge in [0.15, 0.2) is 0 Å². The molecule has 2 N–H and O–H groups in total. The lowest BCUT2D eigenvalue weighted by atomic mass is 10.0. The summed E-state index contributed by atoms with van der Waals surface area (Å²) in [6.45, 7) is 1.14. The van der Waals surface area contributed by atoms with Crippen molar-refractivity contribution in [1.29, 1.82) is 0 Å². The molecule has 2 aliphatic heterocycles. The van der Waals surface area contributed by atoms with Crippen molar-refractivity contribution in [3.63, 3.8) is 0 Å². The van der Waals surface area contributed by atoms with E-state index in [1.54, 1.807) is 12.1 Å². The molecular weight excluding hydrogens is 460 g/mol. The quantitative estimate of drug-likeness (QED) is 0.222. The average Bonchev–Trinajstić information content (AvgIpc) is 3.09. The molecule has 0 spiro atoms. The Bertz CT molecular complexity index is 1180. The Morgan fingerprint density at radius 2 is 1.80 bits per heavy atom. The Morgan fingerprint density at radius 1 is 1.03 bits per heavy atom. The molecule has 12 heteroatoms. The predicted octanol–water partition coefficient (Wildman–Crippen LogP) is 1.50. The number of imide groups is 2. The van der Waals surface area contributed by atoms with Crippen LogP contribution in [0.3, 0.4) is 0 Å². The van der Waals surface area contributed by atoms with Crippen molar-refractivity contribution in [3.8, 4) is 5.75 Å². The first-order valence-corrected chi connectivity index (χ1v) is 10.9. The monoisotopic (exact) mass is 482 g/mol. The first-order valence-electron chi connectivity index (χ1n) is 10.9. The van der Waals surface area contributed by atoms with E-state index in [0.717, 1.165) is 4.90 Å². The molecular formula is C23H22N4O8. The molecule has 1 fully saturated rings. The van der Waals surface area contributed by atoms with Gasteiger partial charge in [0.05, 0.1) is 29.3 Å². The smallest absolute Gasteiger partial charge is 0.269 e. The van der Waals surface area contributed by atoms with Crippen molar-refractivity contribution >= 4 is 35.0 Å². The second-order valence-electron chi connectivity index (χ2n) is 7.81. The Morgan fingerprint density at radius 3 is 2.51 bits per heavy atom. The maximum atomic E-state index is 13.0. The number of ether oxygens (including phenoxy) is 2. The molecule has 2 heterocycles. The fraction of sp³-hybridized carbons (Fsp3) is 0.304. The van der Waals surface area contributed by atoms with Crippen LogP contribution in [0.25, 0.3) is 0 Å². The van der Waals surface area contributed by atoms with E-state index in [2.05, 4.69) is 10.6 Å². The summed E-state index contributed by atoms with van der Waals surface area (Å²) in [6, 6.07) is 9.52. The van der Waals surface area contributed by atoms with Gasteiger partial charge in [-0.25, -0.2) is 0 Å². The maximum Gasteiger partial charge on any atom is 0.269 e. The van der Waals surface area contributed by atoms with E-state index < -0.39 is 34.6 Å². The van der Waals surface area contributed by atoms with Crippen molar-refractivity contribution in [3.05, 3.63) is 63.7 Å². The number of nitro groups is 1. The van der Waals surface area contributed by atoms with Gasteiger partial charge in [-0.05, 0) is 30.7 Å². The minimum atomic E-state index is -1.02. The van der Waals surface area contributed by atoms with Crippen LogP contribution >= 0.6 is 0 Å². The summed E-state index contributed by atoms with van der Waals surface area (Å²) in [7, 11) is 0. The molecule has 35 heavy (non-hydrogen) atoms. The van der Waals surface area contributed by atoms with E-state index in [1.807, 2.05) is 0 Å². The third-order valence-electron chi connectivity index (χ3n) is 5.57. The van der Waals surface area contributed by atoms with E-state index in [1.165, 1.54) is 30.3 Å². The van der Waals surface area contributed by atoms with Crippen LogP contribution in [-0.2, 0) is 14.3 Å². The van der Waals surface area contributed by atoms with Gasteiger partial charge in [0.1, 0.15) is 18.4 Å². The van der Waals surface area contributed by atoms with Crippen LogP contribution in [0.1, 0.15) is 33.6 Å². The summed E-state index contributed by atoms with van der Waals surface area (Å²) in [5.74, 6) is -1.75. The number of nitrogens with zero attached hydrogens (tertiary/aromatic N) is 2. The van der Waals surface area contributed by atoms with Gasteiger partial charge in [0.25, 0.3) is 17.5 Å². The largest absolute Gasteiger partial charge is 0.491 e. The first-order chi connectivity index (χ1) is 16.9. The molecule has 2 aromatic carbocycles. The van der Waals surface area contributed by atoms with Crippen LogP contribution < -0.4 is 15.4 Å². The molecule has 0 radical (unpaired) electrons. The number of fused-ring (bicyclic) bond motifs is 1. The second-order valence-corrected chi connectivity index (χ2v) is 7.81. The van der Waals surface area contributed by atoms with Gasteiger partial charge < -0.3 is 14.8 Å². The van der Waals surface area contributed by atoms with E-state index in [4.69, 9.17) is 9.47 Å². The normalized spacial score (nSPS) is 17.3. The highest BCUT2D eigenvalue weighted by atomic mass is 16.6. The molecule has 2 aliphatic rings. The number of carbonyl (C=O) groups is 4. The Kier molecular flexibility index (Phi) is 7.01. The van der Waals surface area contributed by atoms with Gasteiger partial charge in [0, 0.05) is 30.8 Å². The van der Waals surface area contributed by atoms with Crippen LogP contribution in [0.2, 0.25) is 0 Å². The van der Waals surface area contributed by atoms with Gasteiger partial charge in [0.2, 0.25) is 11.8 Å². The summed E-state index contributed by atoms with van der Waals surface area (Å²) in [4.78, 5) is 60.6. The van der Waals surface area contributed by atoms with Crippen molar-refractivity contribution in [2.45, 2.75) is 18.9 Å². The summed E-state index contributed by atoms with van der Waals surface area (Å²) in [5.41, 5.74) is 0.805. The molecule has 0 bridgehead atoms. The van der Waals surface area contributed by atoms with E-state index in [-0.39, 0.29) is 49.5 Å². The minimum Gasteiger partial charge on any atom is -0.491 e. The Hall–Kier alpha value is -4.32. The Labute approximate surface area is 199 Å². The average molecular weight is 482 g/mol. The number of hydrogen-bond acceptors (Lipinski definition) is 9. The third-order valence-corrected chi connectivity index (χ3v) is 5.57. The molecule has 0 aliphatic carbocycles. The number of rotatable bonds is 10. The van der Waals surface area contributed by atoms with Crippen LogP contribution in [0.5, 0.6) is 5.75 Å². The first kappa shape index (κ1) is 23.8. The number of carbonyl (C=O) groups excluding carboxylic acids is 4. The molecule has 1 saturated heterocycles. The van der Waals surface area contributed by atoms with Crippen LogP contribution in [-0.4, -0.2) is 65.9 Å². The van der Waals surface area contributed by atoms with Crippen molar-refractivity contribution < 1.29 is 33.6 Å². The summed E-state index contributed by atoms with van der Waals surface area (Å²) >= 11 is 0. The molecule has 12 nitrogen and oxygen atoms in total. The van der Waals surface area contributed by atoms with Crippen LogP contribution in [0.15, 0.2) is 42.5 Å². The maximum absolute atomic E-state index is 13.0. The molecule has 0 saturated carbocycles. The number of benzene rings is 2. The number of nitro benzene ring substituents is 1. The third kappa shape index (κ3) is 5.11. The lowest BCUT2D eigenvalue weighted by Crippen LogP contribution is -2.54. The zero-order valence-electron chi connectivity index (χ0n) is 18.5. The topological polar surface area (TPSA) is 157 Å². The summed E-state index contributed by atoms with van der Waals surface area (Å²) < 4.78 is 11.0. The summed E-state index contributed by atoms with van der Waals surface area (Å²) in [5, 5.41) is 15.9. The van der Waals surface area contributed by atoms with Crippen LogP contribution in [0.4, 0.5) is 11.4 Å². The number of hydrogen-bond donors (Lipinski definition) is 2. The summed E-state index contributed by atoms with van der Waals surface area (Å²) in [6.07, 6.45) is 0.148. The van der Waals surface area contributed by atoms with Gasteiger partial charge in [-0.1, -0.05) is 6.07 Å². The molecule has 4 rings (SSSR count). The van der Waals surface area contributed by atoms with Crippen molar-refractivity contribution in [1.82, 2.24) is 10.2 Å². The zero-order valence-corrected chi connectivity index (χ0v) is 18.5. The SMILES string of the molecule is O=C1CCC(N2C(=O)c3cccc(NCCOCCOc4ccc([N+](=O)[O-])cc4)c3C2=O)C(=O)N1. The van der Waals surface area contributed by atoms with E-state index in [9.17, 15) is 29.3 Å². The Balaban J connectivity index is 1.26. The number of piperidine rings is 1. The molecule has 1 atom stereocenters. The number of nitrogens with one attached hydrogen (secondary N) is 2. The molecule has 0 aromatic heterocycles. The fourth-order valence-electron chi connectivity index (χ4n) is 3.90.